The predicted octanol–water partition coefficient (Wildman–Crippen LogP) is 10.6. The number of rotatable bonds is 13. The van der Waals surface area contributed by atoms with E-state index in [-0.39, 0.29) is 11.1 Å². The molecular formula is C29H36F2N2S3. The molecule has 4 rings (SSSR count). The highest BCUT2D eigenvalue weighted by atomic mass is 32.1. The van der Waals surface area contributed by atoms with E-state index in [1.807, 2.05) is 17.5 Å². The molecule has 36 heavy (non-hydrogen) atoms. The van der Waals surface area contributed by atoms with Crippen molar-refractivity contribution >= 4 is 45.4 Å². The van der Waals surface area contributed by atoms with Gasteiger partial charge in [-0.15, -0.1) is 22.7 Å². The van der Waals surface area contributed by atoms with Crippen LogP contribution in [0.25, 0.3) is 31.9 Å². The number of thiophene rings is 2. The molecule has 0 bridgehead atoms. The Morgan fingerprint density at radius 1 is 0.750 bits per heavy atom. The Labute approximate surface area is 226 Å². The van der Waals surface area contributed by atoms with Gasteiger partial charge >= 0.3 is 0 Å². The molecule has 1 atom stereocenters. The van der Waals surface area contributed by atoms with Crippen LogP contribution in [0, 0.1) is 23.5 Å². The van der Waals surface area contributed by atoms with E-state index in [0.717, 1.165) is 35.0 Å². The van der Waals surface area contributed by atoms with E-state index in [1.165, 1.54) is 73.2 Å². The molecule has 0 saturated carbocycles. The lowest BCUT2D eigenvalue weighted by Crippen LogP contribution is -1.99. The average Bonchev–Trinajstić information content (AvgIpc) is 3.59. The first-order valence-electron chi connectivity index (χ1n) is 13.2. The Balaban J connectivity index is 1.53. The fourth-order valence-electron chi connectivity index (χ4n) is 4.87. The first-order chi connectivity index (χ1) is 17.4. The van der Waals surface area contributed by atoms with Gasteiger partial charge in [-0.2, -0.15) is 8.75 Å². The van der Waals surface area contributed by atoms with E-state index in [4.69, 9.17) is 0 Å². The average molecular weight is 547 g/mol. The third-order valence-electron chi connectivity index (χ3n) is 6.67. The molecule has 2 nitrogen and oxygen atoms in total. The molecule has 0 fully saturated rings. The van der Waals surface area contributed by atoms with Crippen molar-refractivity contribution in [3.8, 4) is 20.9 Å². The van der Waals surface area contributed by atoms with Gasteiger partial charge in [0.1, 0.15) is 11.0 Å². The maximum atomic E-state index is 15.6. The predicted molar refractivity (Wildman–Crippen MR) is 153 cm³/mol. The number of aromatic nitrogens is 2. The summed E-state index contributed by atoms with van der Waals surface area (Å²) in [5, 5.41) is 4.12. The quantitative estimate of drug-likeness (QED) is 0.156. The second-order valence-electron chi connectivity index (χ2n) is 10.4. The van der Waals surface area contributed by atoms with E-state index >= 15 is 8.78 Å². The number of fused-ring (bicyclic) bond motifs is 1. The highest BCUT2D eigenvalue weighted by Gasteiger charge is 2.26. The summed E-state index contributed by atoms with van der Waals surface area (Å²) in [7, 11) is 0. The fraction of sp³-hybridized carbons (Fsp3) is 0.517. The Kier molecular flexibility index (Phi) is 9.65. The maximum absolute atomic E-state index is 15.6. The molecule has 1 aromatic carbocycles. The third-order valence-corrected chi connectivity index (χ3v) is 9.19. The van der Waals surface area contributed by atoms with Gasteiger partial charge in [0.2, 0.25) is 0 Å². The van der Waals surface area contributed by atoms with Crippen LogP contribution in [0.15, 0.2) is 22.9 Å². The van der Waals surface area contributed by atoms with Gasteiger partial charge in [0.05, 0.1) is 22.9 Å². The summed E-state index contributed by atoms with van der Waals surface area (Å²) in [6, 6.07) is 3.99. The number of hydrogen-bond acceptors (Lipinski definition) is 5. The Morgan fingerprint density at radius 2 is 1.28 bits per heavy atom. The molecule has 7 heteroatoms. The Morgan fingerprint density at radius 3 is 1.83 bits per heavy atom. The number of nitrogens with zero attached hydrogens (tertiary/aromatic N) is 2. The van der Waals surface area contributed by atoms with E-state index < -0.39 is 11.6 Å². The van der Waals surface area contributed by atoms with Gasteiger partial charge in [0.15, 0.2) is 11.6 Å². The maximum Gasteiger partial charge on any atom is 0.170 e. The summed E-state index contributed by atoms with van der Waals surface area (Å²) in [6.45, 7) is 8.84. The topological polar surface area (TPSA) is 25.8 Å². The van der Waals surface area contributed by atoms with Gasteiger partial charge in [-0.1, -0.05) is 72.6 Å². The van der Waals surface area contributed by atoms with Crippen LogP contribution in [-0.4, -0.2) is 8.75 Å². The summed E-state index contributed by atoms with van der Waals surface area (Å²) < 4.78 is 40.0. The molecular weight excluding hydrogens is 511 g/mol. The highest BCUT2D eigenvalue weighted by molar-refractivity contribution is 7.14. The smallest absolute Gasteiger partial charge is 0.170 e. The molecule has 4 aromatic rings. The van der Waals surface area contributed by atoms with Crippen molar-refractivity contribution in [2.75, 3.05) is 0 Å². The van der Waals surface area contributed by atoms with E-state index in [0.29, 0.717) is 27.7 Å². The zero-order chi connectivity index (χ0) is 25.7. The summed E-state index contributed by atoms with van der Waals surface area (Å²) >= 11 is 3.93. The molecule has 0 aliphatic heterocycles. The van der Waals surface area contributed by atoms with Crippen molar-refractivity contribution in [1.82, 2.24) is 8.75 Å². The Hall–Kier alpha value is -1.70. The highest BCUT2D eigenvalue weighted by Crippen LogP contribution is 2.43. The summed E-state index contributed by atoms with van der Waals surface area (Å²) in [6.07, 6.45) is 10.9. The van der Waals surface area contributed by atoms with Gasteiger partial charge in [-0.05, 0) is 58.7 Å². The summed E-state index contributed by atoms with van der Waals surface area (Å²) in [4.78, 5) is 1.44. The van der Waals surface area contributed by atoms with E-state index in [9.17, 15) is 0 Å². The van der Waals surface area contributed by atoms with Crippen molar-refractivity contribution in [3.63, 3.8) is 0 Å². The first kappa shape index (κ1) is 27.3. The van der Waals surface area contributed by atoms with E-state index in [2.05, 4.69) is 41.8 Å². The van der Waals surface area contributed by atoms with Crippen molar-refractivity contribution in [2.45, 2.75) is 85.5 Å². The van der Waals surface area contributed by atoms with Crippen molar-refractivity contribution in [1.29, 1.82) is 0 Å². The minimum atomic E-state index is -0.825. The number of benzene rings is 1. The SMILES string of the molecule is CCCCCCCCC(C)Cc1csc(-c2c(F)c(F)c(-c3cc(CC(C)C)cs3)c3nsnc23)c1. The molecule has 0 aliphatic carbocycles. The van der Waals surface area contributed by atoms with Gasteiger partial charge in [0, 0.05) is 9.75 Å². The van der Waals surface area contributed by atoms with Gasteiger partial charge in [0.25, 0.3) is 0 Å². The molecule has 194 valence electrons. The van der Waals surface area contributed by atoms with E-state index in [1.54, 1.807) is 0 Å². The second kappa shape index (κ2) is 12.7. The fourth-order valence-corrected chi connectivity index (χ4v) is 7.36. The zero-order valence-electron chi connectivity index (χ0n) is 21.7. The normalized spacial score (nSPS) is 12.8. The molecule has 0 amide bonds. The van der Waals surface area contributed by atoms with Crippen molar-refractivity contribution in [2.24, 2.45) is 11.8 Å². The largest absolute Gasteiger partial charge is 0.203 e. The van der Waals surface area contributed by atoms with Crippen LogP contribution >= 0.6 is 34.4 Å². The van der Waals surface area contributed by atoms with Crippen LogP contribution in [-0.2, 0) is 12.8 Å². The van der Waals surface area contributed by atoms with Crippen LogP contribution in [0.3, 0.4) is 0 Å². The van der Waals surface area contributed by atoms with Crippen LogP contribution in [0.5, 0.6) is 0 Å². The van der Waals surface area contributed by atoms with Gasteiger partial charge in [-0.25, -0.2) is 8.78 Å². The monoisotopic (exact) mass is 546 g/mol. The molecule has 0 aliphatic rings. The van der Waals surface area contributed by atoms with Crippen molar-refractivity contribution < 1.29 is 8.78 Å². The molecule has 3 aromatic heterocycles. The van der Waals surface area contributed by atoms with Gasteiger partial charge < -0.3 is 0 Å². The van der Waals surface area contributed by atoms with Crippen LogP contribution in [0.2, 0.25) is 0 Å². The molecule has 0 radical (unpaired) electrons. The minimum absolute atomic E-state index is 0.240. The Bertz CT molecular complexity index is 1270. The van der Waals surface area contributed by atoms with Crippen LogP contribution < -0.4 is 0 Å². The molecule has 0 N–H and O–H groups in total. The molecule has 0 spiro atoms. The summed E-state index contributed by atoms with van der Waals surface area (Å²) in [5.41, 5.74) is 3.73. The number of halogens is 2. The van der Waals surface area contributed by atoms with Crippen molar-refractivity contribution in [3.05, 3.63) is 45.7 Å². The minimum Gasteiger partial charge on any atom is -0.203 e. The standard InChI is InChI=1S/C29H36F2N2S3/c1-5-6-7-8-9-10-11-19(4)13-21-15-23(35-17-21)25-27(31)26(30)24(28-29(25)33-36-32-28)22-14-20(16-34-22)12-18(2)3/h14-19H,5-13H2,1-4H3. The third kappa shape index (κ3) is 6.40. The lowest BCUT2D eigenvalue weighted by molar-refractivity contribution is 0.481. The van der Waals surface area contributed by atoms with Crippen LogP contribution in [0.1, 0.15) is 83.8 Å². The lowest BCUT2D eigenvalue weighted by Gasteiger charge is -2.10. The summed E-state index contributed by atoms with van der Waals surface area (Å²) in [5.74, 6) is -0.576. The zero-order valence-corrected chi connectivity index (χ0v) is 24.2. The second-order valence-corrected chi connectivity index (χ2v) is 12.8. The molecule has 0 saturated heterocycles. The molecule has 1 unspecified atom stereocenters. The van der Waals surface area contributed by atoms with Crippen LogP contribution in [0.4, 0.5) is 8.78 Å². The number of unbranched alkanes of at least 4 members (excludes halogenated alkanes) is 5. The molecule has 3 heterocycles. The lowest BCUT2D eigenvalue weighted by atomic mass is 9.95. The van der Waals surface area contributed by atoms with Gasteiger partial charge in [-0.3, -0.25) is 0 Å². The first-order valence-corrected chi connectivity index (χ1v) is 15.7. The number of hydrogen-bond donors (Lipinski definition) is 0.